The van der Waals surface area contributed by atoms with E-state index in [0.29, 0.717) is 13.0 Å². The molecule has 0 aromatic rings. The molecule has 0 saturated carbocycles. The minimum Gasteiger partial charge on any atom is -0.356 e. The van der Waals surface area contributed by atoms with Gasteiger partial charge in [-0.05, 0) is 25.5 Å². The van der Waals surface area contributed by atoms with Crippen molar-refractivity contribution in [2.24, 2.45) is 5.73 Å². The van der Waals surface area contributed by atoms with E-state index in [1.165, 1.54) is 18.6 Å². The highest BCUT2D eigenvalue weighted by Crippen LogP contribution is 2.05. The lowest BCUT2D eigenvalue weighted by Crippen LogP contribution is -2.29. The van der Waals surface area contributed by atoms with Gasteiger partial charge in [0.05, 0.1) is 0 Å². The summed E-state index contributed by atoms with van der Waals surface area (Å²) in [5.41, 5.74) is 5.58. The number of hydrogen-bond donors (Lipinski definition) is 2. The van der Waals surface area contributed by atoms with Gasteiger partial charge in [-0.15, -0.1) is 0 Å². The molecule has 1 unspecified atom stereocenters. The lowest BCUT2D eigenvalue weighted by atomic mass is 10.2. The number of hydrogen-bond acceptors (Lipinski definition) is 3. The number of carbonyl (C=O) groups excluding carboxylic acids is 1. The van der Waals surface area contributed by atoms with Gasteiger partial charge in [0.1, 0.15) is 0 Å². The van der Waals surface area contributed by atoms with Crippen LogP contribution in [0.3, 0.4) is 0 Å². The molecule has 3 nitrogen and oxygen atoms in total. The van der Waals surface area contributed by atoms with Gasteiger partial charge < -0.3 is 11.1 Å². The standard InChI is InChI=1S/C11H24N2OS/c1-3-4-8-15-9-6-11(14)13-7-5-10(2)12/h10H,3-9,12H2,1-2H3,(H,13,14). The third kappa shape index (κ3) is 11.7. The fourth-order valence-corrected chi connectivity index (χ4v) is 2.07. The zero-order chi connectivity index (χ0) is 11.5. The molecule has 0 saturated heterocycles. The summed E-state index contributed by atoms with van der Waals surface area (Å²) in [6.45, 7) is 4.84. The summed E-state index contributed by atoms with van der Waals surface area (Å²) >= 11 is 1.86. The Kier molecular flexibility index (Phi) is 10.2. The first-order chi connectivity index (χ1) is 7.16. The molecule has 0 aromatic carbocycles. The molecule has 0 aliphatic rings. The van der Waals surface area contributed by atoms with Crippen LogP contribution in [0.2, 0.25) is 0 Å². The van der Waals surface area contributed by atoms with Crippen molar-refractivity contribution in [3.63, 3.8) is 0 Å². The van der Waals surface area contributed by atoms with Crippen LogP contribution in [0.25, 0.3) is 0 Å². The third-order valence-electron chi connectivity index (χ3n) is 2.04. The van der Waals surface area contributed by atoms with Crippen LogP contribution in [0.15, 0.2) is 0 Å². The summed E-state index contributed by atoms with van der Waals surface area (Å²) < 4.78 is 0. The normalized spacial score (nSPS) is 12.5. The summed E-state index contributed by atoms with van der Waals surface area (Å²) in [7, 11) is 0. The van der Waals surface area contributed by atoms with Crippen LogP contribution in [0.5, 0.6) is 0 Å². The number of unbranched alkanes of at least 4 members (excludes halogenated alkanes) is 1. The maximum atomic E-state index is 11.3. The van der Waals surface area contributed by atoms with Crippen LogP contribution in [0, 0.1) is 0 Å². The molecular weight excluding hydrogens is 208 g/mol. The van der Waals surface area contributed by atoms with Crippen molar-refractivity contribution in [3.05, 3.63) is 0 Å². The van der Waals surface area contributed by atoms with Gasteiger partial charge in [-0.3, -0.25) is 4.79 Å². The van der Waals surface area contributed by atoms with Gasteiger partial charge in [0.25, 0.3) is 0 Å². The van der Waals surface area contributed by atoms with E-state index in [1.807, 2.05) is 18.7 Å². The summed E-state index contributed by atoms with van der Waals surface area (Å²) in [6.07, 6.45) is 3.96. The Bertz CT molecular complexity index is 163. The minimum atomic E-state index is 0.152. The monoisotopic (exact) mass is 232 g/mol. The van der Waals surface area contributed by atoms with Crippen molar-refractivity contribution in [1.82, 2.24) is 5.32 Å². The molecule has 1 atom stereocenters. The number of thioether (sulfide) groups is 1. The van der Waals surface area contributed by atoms with Crippen molar-refractivity contribution < 1.29 is 4.79 Å². The Labute approximate surface area is 97.6 Å². The second-order valence-corrected chi connectivity index (χ2v) is 5.06. The maximum Gasteiger partial charge on any atom is 0.220 e. The topological polar surface area (TPSA) is 55.1 Å². The molecule has 0 aliphatic carbocycles. The molecule has 3 N–H and O–H groups in total. The number of carbonyl (C=O) groups is 1. The van der Waals surface area contributed by atoms with Gasteiger partial charge in [0.15, 0.2) is 0 Å². The van der Waals surface area contributed by atoms with Crippen LogP contribution < -0.4 is 11.1 Å². The summed E-state index contributed by atoms with van der Waals surface area (Å²) in [5.74, 6) is 2.26. The lowest BCUT2D eigenvalue weighted by molar-refractivity contribution is -0.120. The fraction of sp³-hybridized carbons (Fsp3) is 0.909. The predicted octanol–water partition coefficient (Wildman–Crippen LogP) is 1.76. The first-order valence-corrected chi connectivity index (χ1v) is 6.92. The molecule has 0 fully saturated rings. The van der Waals surface area contributed by atoms with Crippen LogP contribution in [0.4, 0.5) is 0 Å². The molecular formula is C11H24N2OS. The summed E-state index contributed by atoms with van der Waals surface area (Å²) in [4.78, 5) is 11.3. The molecule has 0 bridgehead atoms. The number of amides is 1. The van der Waals surface area contributed by atoms with E-state index in [0.717, 1.165) is 12.2 Å². The van der Waals surface area contributed by atoms with Crippen LogP contribution in [0.1, 0.15) is 39.5 Å². The second-order valence-electron chi connectivity index (χ2n) is 3.83. The van der Waals surface area contributed by atoms with E-state index in [2.05, 4.69) is 12.2 Å². The van der Waals surface area contributed by atoms with E-state index in [-0.39, 0.29) is 11.9 Å². The molecule has 0 heterocycles. The molecule has 0 radical (unpaired) electrons. The Morgan fingerprint density at radius 3 is 2.80 bits per heavy atom. The molecule has 1 amide bonds. The van der Waals surface area contributed by atoms with Crippen molar-refractivity contribution in [2.75, 3.05) is 18.1 Å². The number of nitrogens with one attached hydrogen (secondary N) is 1. The van der Waals surface area contributed by atoms with Crippen molar-refractivity contribution >= 4 is 17.7 Å². The highest BCUT2D eigenvalue weighted by atomic mass is 32.2. The first-order valence-electron chi connectivity index (χ1n) is 5.76. The SMILES string of the molecule is CCCCSCCC(=O)NCCC(C)N. The Balaban J connectivity index is 3.19. The highest BCUT2D eigenvalue weighted by Gasteiger charge is 2.01. The second kappa shape index (κ2) is 10.3. The van der Waals surface area contributed by atoms with E-state index in [9.17, 15) is 4.79 Å². The smallest absolute Gasteiger partial charge is 0.220 e. The molecule has 90 valence electrons. The van der Waals surface area contributed by atoms with Gasteiger partial charge in [-0.1, -0.05) is 13.3 Å². The van der Waals surface area contributed by atoms with Crippen LogP contribution in [-0.4, -0.2) is 30.0 Å². The van der Waals surface area contributed by atoms with Crippen LogP contribution >= 0.6 is 11.8 Å². The molecule has 15 heavy (non-hydrogen) atoms. The van der Waals surface area contributed by atoms with E-state index in [4.69, 9.17) is 5.73 Å². The van der Waals surface area contributed by atoms with Gasteiger partial charge in [0.2, 0.25) is 5.91 Å². The van der Waals surface area contributed by atoms with E-state index in [1.54, 1.807) is 0 Å². The molecule has 0 rings (SSSR count). The van der Waals surface area contributed by atoms with Crippen LogP contribution in [-0.2, 0) is 4.79 Å². The lowest BCUT2D eigenvalue weighted by Gasteiger charge is -2.06. The van der Waals surface area contributed by atoms with Crippen molar-refractivity contribution in [3.8, 4) is 0 Å². The molecule has 0 spiro atoms. The molecule has 4 heteroatoms. The zero-order valence-electron chi connectivity index (χ0n) is 9.92. The highest BCUT2D eigenvalue weighted by molar-refractivity contribution is 7.99. The van der Waals surface area contributed by atoms with Gasteiger partial charge in [-0.25, -0.2) is 0 Å². The van der Waals surface area contributed by atoms with Crippen molar-refractivity contribution in [1.29, 1.82) is 0 Å². The van der Waals surface area contributed by atoms with E-state index < -0.39 is 0 Å². The van der Waals surface area contributed by atoms with Gasteiger partial charge in [0, 0.05) is 24.8 Å². The summed E-state index contributed by atoms with van der Waals surface area (Å²) in [5, 5.41) is 2.87. The quantitative estimate of drug-likeness (QED) is 0.596. The predicted molar refractivity (Wildman–Crippen MR) is 68.1 cm³/mol. The largest absolute Gasteiger partial charge is 0.356 e. The maximum absolute atomic E-state index is 11.3. The Hall–Kier alpha value is -0.220. The van der Waals surface area contributed by atoms with Crippen molar-refractivity contribution in [2.45, 2.75) is 45.6 Å². The van der Waals surface area contributed by atoms with Gasteiger partial charge in [-0.2, -0.15) is 11.8 Å². The van der Waals surface area contributed by atoms with Gasteiger partial charge >= 0.3 is 0 Å². The average Bonchev–Trinajstić information content (AvgIpc) is 2.17. The Morgan fingerprint density at radius 1 is 1.47 bits per heavy atom. The number of nitrogens with two attached hydrogens (primary N) is 1. The van der Waals surface area contributed by atoms with E-state index >= 15 is 0 Å². The molecule has 0 aliphatic heterocycles. The third-order valence-corrected chi connectivity index (χ3v) is 3.11. The fourth-order valence-electron chi connectivity index (χ4n) is 1.04. The minimum absolute atomic E-state index is 0.152. The molecule has 0 aromatic heterocycles. The summed E-state index contributed by atoms with van der Waals surface area (Å²) in [6, 6.07) is 0.171. The zero-order valence-corrected chi connectivity index (χ0v) is 10.7. The average molecular weight is 232 g/mol. The number of rotatable bonds is 9. The Morgan fingerprint density at radius 2 is 2.20 bits per heavy atom. The first kappa shape index (κ1) is 14.8.